The van der Waals surface area contributed by atoms with Crippen molar-refractivity contribution >= 4 is 34.4 Å². The molecule has 3 heteroatoms. The summed E-state index contributed by atoms with van der Waals surface area (Å²) in [5.41, 5.74) is 16.4. The second kappa shape index (κ2) is 9.94. The van der Waals surface area contributed by atoms with Gasteiger partial charge < -0.3 is 10.6 Å². The third-order valence-electron chi connectivity index (χ3n) is 7.28. The van der Waals surface area contributed by atoms with Crippen molar-refractivity contribution in [2.45, 2.75) is 112 Å². The van der Waals surface area contributed by atoms with E-state index in [1.807, 2.05) is 6.07 Å². The molecule has 0 aliphatic heterocycles. The average molecular weight is 533 g/mol. The predicted octanol–water partition coefficient (Wildman–Crippen LogP) is 10.9. The van der Waals surface area contributed by atoms with Gasteiger partial charge in [0.05, 0.1) is 16.4 Å². The number of nitrogens with zero attached hydrogens (tertiary/aromatic N) is 1. The van der Waals surface area contributed by atoms with Crippen LogP contribution < -0.4 is 10.6 Å². The molecule has 0 saturated carbocycles. The number of halogens is 1. The van der Waals surface area contributed by atoms with Crippen LogP contribution in [0.5, 0.6) is 0 Å². The molecule has 0 fully saturated rings. The van der Waals surface area contributed by atoms with Gasteiger partial charge in [0, 0.05) is 11.4 Å². The summed E-state index contributed by atoms with van der Waals surface area (Å²) < 4.78 is 0. The first-order chi connectivity index (χ1) is 17.1. The van der Waals surface area contributed by atoms with Crippen LogP contribution >= 0.6 is 11.6 Å². The molecule has 0 spiro atoms. The molecule has 0 unspecified atom stereocenters. The van der Waals surface area contributed by atoms with Gasteiger partial charge in [0.1, 0.15) is 0 Å². The first-order valence-electron chi connectivity index (χ1n) is 13.8. The number of aryl methyl sites for hydroxylation is 1. The highest BCUT2D eigenvalue weighted by molar-refractivity contribution is 6.36. The van der Waals surface area contributed by atoms with E-state index in [0.717, 1.165) is 22.6 Å². The van der Waals surface area contributed by atoms with Crippen LogP contribution in [0.2, 0.25) is 5.02 Å². The molecule has 0 heterocycles. The molecule has 38 heavy (non-hydrogen) atoms. The Kier molecular flexibility index (Phi) is 7.87. The third kappa shape index (κ3) is 6.57. The quantitative estimate of drug-likeness (QED) is 0.340. The fourth-order valence-corrected chi connectivity index (χ4v) is 4.77. The summed E-state index contributed by atoms with van der Waals surface area (Å²) in [6.07, 6.45) is 0. The van der Waals surface area contributed by atoms with E-state index in [-0.39, 0.29) is 21.7 Å². The zero-order chi connectivity index (χ0) is 29.0. The lowest BCUT2D eigenvalue weighted by atomic mass is 9.79. The van der Waals surface area contributed by atoms with E-state index in [1.54, 1.807) is 0 Å². The molecular weight excluding hydrogens is 484 g/mol. The molecule has 0 radical (unpaired) electrons. The van der Waals surface area contributed by atoms with Crippen LogP contribution in [-0.2, 0) is 21.7 Å². The fourth-order valence-electron chi connectivity index (χ4n) is 4.58. The minimum atomic E-state index is -0.0130. The van der Waals surface area contributed by atoms with Crippen molar-refractivity contribution in [3.05, 3.63) is 81.4 Å². The van der Waals surface area contributed by atoms with E-state index in [4.69, 9.17) is 17.3 Å². The molecule has 0 amide bonds. The van der Waals surface area contributed by atoms with Gasteiger partial charge in [-0.2, -0.15) is 0 Å². The minimum absolute atomic E-state index is 0.0130. The highest BCUT2D eigenvalue weighted by Gasteiger charge is 2.27. The predicted molar refractivity (Wildman–Crippen MR) is 170 cm³/mol. The van der Waals surface area contributed by atoms with E-state index in [9.17, 15) is 0 Å². The molecule has 0 bridgehead atoms. The van der Waals surface area contributed by atoms with Gasteiger partial charge >= 0.3 is 0 Å². The monoisotopic (exact) mass is 532 g/mol. The van der Waals surface area contributed by atoms with Crippen molar-refractivity contribution in [2.24, 2.45) is 0 Å². The van der Waals surface area contributed by atoms with Gasteiger partial charge in [0.2, 0.25) is 0 Å². The number of rotatable bonds is 3. The summed E-state index contributed by atoms with van der Waals surface area (Å²) in [7, 11) is 0. The average Bonchev–Trinajstić information content (AvgIpc) is 2.74. The molecule has 206 valence electrons. The van der Waals surface area contributed by atoms with E-state index in [2.05, 4.69) is 137 Å². The Balaban J connectivity index is 2.52. The molecule has 3 aromatic carbocycles. The highest BCUT2D eigenvalue weighted by atomic mass is 35.5. The zero-order valence-electron chi connectivity index (χ0n) is 26.0. The molecule has 0 atom stereocenters. The van der Waals surface area contributed by atoms with Crippen molar-refractivity contribution in [2.75, 3.05) is 10.6 Å². The normalized spacial score (nSPS) is 13.1. The van der Waals surface area contributed by atoms with Crippen molar-refractivity contribution in [1.29, 1.82) is 0 Å². The number of hydrogen-bond acceptors (Lipinski definition) is 2. The summed E-state index contributed by atoms with van der Waals surface area (Å²) in [4.78, 5) is 2.32. The topological polar surface area (TPSA) is 29.3 Å². The Morgan fingerprint density at radius 1 is 0.526 bits per heavy atom. The van der Waals surface area contributed by atoms with Gasteiger partial charge in [-0.15, -0.1) is 0 Å². The standard InChI is InChI=1S/C35H49ClN2/c1-22-14-29(37)31(36)30(15-22)38(27-18-23(32(2,3)4)16-24(19-27)33(5,6)7)28-20-25(34(8,9)10)17-26(21-28)35(11,12)13/h14-21H,37H2,1-13H3. The molecule has 3 aromatic rings. The summed E-state index contributed by atoms with van der Waals surface area (Å²) in [5.74, 6) is 0. The van der Waals surface area contributed by atoms with Crippen LogP contribution in [0.1, 0.15) is 111 Å². The lowest BCUT2D eigenvalue weighted by Gasteiger charge is -2.34. The first-order valence-corrected chi connectivity index (χ1v) is 14.1. The largest absolute Gasteiger partial charge is 0.397 e. The maximum Gasteiger partial charge on any atom is 0.0876 e. The lowest BCUT2D eigenvalue weighted by Crippen LogP contribution is -2.21. The van der Waals surface area contributed by atoms with Gasteiger partial charge in [-0.25, -0.2) is 0 Å². The Morgan fingerprint density at radius 2 is 0.842 bits per heavy atom. The SMILES string of the molecule is Cc1cc(N)c(Cl)c(N(c2cc(C(C)(C)C)cc(C(C)(C)C)c2)c2cc(C(C)(C)C)cc(C(C)(C)C)c2)c1. The summed E-state index contributed by atoms with van der Waals surface area (Å²) in [6.45, 7) is 29.4. The van der Waals surface area contributed by atoms with Gasteiger partial charge in [0.25, 0.3) is 0 Å². The van der Waals surface area contributed by atoms with E-state index in [0.29, 0.717) is 10.7 Å². The Bertz CT molecular complexity index is 1180. The van der Waals surface area contributed by atoms with E-state index >= 15 is 0 Å². The summed E-state index contributed by atoms with van der Waals surface area (Å²) in [6, 6.07) is 18.1. The van der Waals surface area contributed by atoms with Crippen LogP contribution in [0.25, 0.3) is 0 Å². The molecule has 0 saturated heterocycles. The molecule has 0 aliphatic carbocycles. The lowest BCUT2D eigenvalue weighted by molar-refractivity contribution is 0.568. The van der Waals surface area contributed by atoms with Crippen molar-refractivity contribution in [3.8, 4) is 0 Å². The van der Waals surface area contributed by atoms with Crippen molar-refractivity contribution < 1.29 is 0 Å². The second-order valence-corrected chi connectivity index (χ2v) is 15.4. The van der Waals surface area contributed by atoms with Crippen molar-refractivity contribution in [3.63, 3.8) is 0 Å². The first kappa shape index (κ1) is 30.1. The molecule has 0 aliphatic rings. The second-order valence-electron chi connectivity index (χ2n) is 15.1. The van der Waals surface area contributed by atoms with Crippen LogP contribution in [-0.4, -0.2) is 0 Å². The highest BCUT2D eigenvalue weighted by Crippen LogP contribution is 2.46. The van der Waals surface area contributed by atoms with Gasteiger partial charge in [-0.3, -0.25) is 0 Å². The number of nitrogen functional groups attached to an aromatic ring is 1. The van der Waals surface area contributed by atoms with Gasteiger partial charge in [-0.05, 0) is 92.8 Å². The minimum Gasteiger partial charge on any atom is -0.397 e. The van der Waals surface area contributed by atoms with Crippen molar-refractivity contribution in [1.82, 2.24) is 0 Å². The molecule has 2 N–H and O–H groups in total. The Morgan fingerprint density at radius 3 is 1.13 bits per heavy atom. The Hall–Kier alpha value is -2.45. The van der Waals surface area contributed by atoms with Crippen LogP contribution in [0.15, 0.2) is 48.5 Å². The molecule has 2 nitrogen and oxygen atoms in total. The number of benzene rings is 3. The molecular formula is C35H49ClN2. The Labute approximate surface area is 237 Å². The molecule has 3 rings (SSSR count). The number of nitrogens with two attached hydrogens (primary N) is 1. The zero-order valence-corrected chi connectivity index (χ0v) is 26.8. The van der Waals surface area contributed by atoms with Gasteiger partial charge in [-0.1, -0.05) is 107 Å². The van der Waals surface area contributed by atoms with Crippen LogP contribution in [0, 0.1) is 6.92 Å². The van der Waals surface area contributed by atoms with E-state index < -0.39 is 0 Å². The van der Waals surface area contributed by atoms with E-state index in [1.165, 1.54) is 22.3 Å². The van der Waals surface area contributed by atoms with Gasteiger partial charge in [0.15, 0.2) is 0 Å². The maximum absolute atomic E-state index is 7.01. The molecule has 0 aromatic heterocycles. The number of anilines is 4. The smallest absolute Gasteiger partial charge is 0.0876 e. The third-order valence-corrected chi connectivity index (χ3v) is 7.69. The maximum atomic E-state index is 7.01. The summed E-state index contributed by atoms with van der Waals surface area (Å²) in [5, 5.41) is 0.576. The number of hydrogen-bond donors (Lipinski definition) is 1. The fraction of sp³-hybridized carbons (Fsp3) is 0.486. The van der Waals surface area contributed by atoms with Crippen LogP contribution in [0.3, 0.4) is 0 Å². The van der Waals surface area contributed by atoms with Crippen LogP contribution in [0.4, 0.5) is 22.7 Å². The summed E-state index contributed by atoms with van der Waals surface area (Å²) >= 11 is 7.01.